The smallest absolute Gasteiger partial charge is 0.293 e. The third kappa shape index (κ3) is 8.53. The van der Waals surface area contributed by atoms with Crippen LogP contribution in [0, 0.1) is 11.3 Å². The van der Waals surface area contributed by atoms with Crippen LogP contribution >= 0.6 is 11.8 Å². The van der Waals surface area contributed by atoms with E-state index in [9.17, 15) is 24.4 Å². The molecule has 1 atom stereocenters. The first-order valence-corrected chi connectivity index (χ1v) is 13.6. The molecule has 0 bridgehead atoms. The molecule has 0 aliphatic rings. The summed E-state index contributed by atoms with van der Waals surface area (Å²) >= 11 is 1.29. The van der Waals surface area contributed by atoms with E-state index >= 15 is 0 Å². The van der Waals surface area contributed by atoms with Crippen LogP contribution in [0.15, 0.2) is 88.7 Å². The quantitative estimate of drug-likeness (QED) is 0.215. The van der Waals surface area contributed by atoms with Gasteiger partial charge in [0.25, 0.3) is 11.8 Å². The van der Waals surface area contributed by atoms with Crippen molar-refractivity contribution in [2.75, 3.05) is 25.5 Å². The lowest BCUT2D eigenvalue weighted by atomic mass is 10.0. The number of unbranched alkanes of at least 4 members (excludes halogenated alkanes) is 1. The number of hydrogen-bond donors (Lipinski definition) is 3. The second-order valence-electron chi connectivity index (χ2n) is 8.96. The van der Waals surface area contributed by atoms with Gasteiger partial charge in [0.05, 0.1) is 23.7 Å². The fourth-order valence-corrected chi connectivity index (χ4v) is 4.88. The highest BCUT2D eigenvalue weighted by molar-refractivity contribution is 7.99. The first-order chi connectivity index (χ1) is 19.3. The van der Waals surface area contributed by atoms with Gasteiger partial charge in [-0.25, -0.2) is 0 Å². The van der Waals surface area contributed by atoms with Gasteiger partial charge in [-0.1, -0.05) is 54.2 Å². The van der Waals surface area contributed by atoms with Crippen molar-refractivity contribution in [2.24, 2.45) is 5.73 Å². The molecule has 3 aromatic carbocycles. The summed E-state index contributed by atoms with van der Waals surface area (Å²) in [6.45, 7) is 0.0894. The van der Waals surface area contributed by atoms with Gasteiger partial charge in [-0.15, -0.1) is 0 Å². The normalized spacial score (nSPS) is 11.1. The average molecular weight is 558 g/mol. The van der Waals surface area contributed by atoms with Gasteiger partial charge in [0, 0.05) is 22.5 Å². The van der Waals surface area contributed by atoms with Crippen LogP contribution in [-0.2, 0) is 14.4 Å². The van der Waals surface area contributed by atoms with E-state index in [0.717, 1.165) is 0 Å². The highest BCUT2D eigenvalue weighted by atomic mass is 32.2. The largest absolute Gasteiger partial charge is 0.344 e. The maximum Gasteiger partial charge on any atom is 0.293 e. The summed E-state index contributed by atoms with van der Waals surface area (Å²) in [5.41, 5.74) is 6.90. The maximum absolute atomic E-state index is 13.3. The van der Waals surface area contributed by atoms with Crippen LogP contribution in [0.1, 0.15) is 35.2 Å². The Morgan fingerprint density at radius 2 is 1.57 bits per heavy atom. The Morgan fingerprint density at radius 3 is 2.27 bits per heavy atom. The minimum Gasteiger partial charge on any atom is -0.344 e. The van der Waals surface area contributed by atoms with Crippen LogP contribution < -0.4 is 16.4 Å². The van der Waals surface area contributed by atoms with Gasteiger partial charge in [0.1, 0.15) is 6.07 Å². The third-order valence-electron chi connectivity index (χ3n) is 5.93. The summed E-state index contributed by atoms with van der Waals surface area (Å²) < 4.78 is 0. The first kappa shape index (κ1) is 30.1. The third-order valence-corrected chi connectivity index (χ3v) is 7.08. The summed E-state index contributed by atoms with van der Waals surface area (Å²) in [4.78, 5) is 54.3. The molecule has 3 rings (SSSR count). The van der Waals surface area contributed by atoms with Crippen molar-refractivity contribution in [1.29, 1.82) is 5.26 Å². The zero-order valence-electron chi connectivity index (χ0n) is 22.1. The van der Waals surface area contributed by atoms with E-state index in [1.54, 1.807) is 72.8 Å². The Labute approximate surface area is 237 Å². The highest BCUT2D eigenvalue weighted by Crippen LogP contribution is 2.33. The van der Waals surface area contributed by atoms with Gasteiger partial charge >= 0.3 is 0 Å². The second-order valence-corrected chi connectivity index (χ2v) is 10.0. The zero-order valence-corrected chi connectivity index (χ0v) is 22.9. The number of nitrogens with zero attached hydrogens (tertiary/aromatic N) is 2. The fraction of sp³-hybridized carbons (Fsp3) is 0.233. The predicted molar refractivity (Wildman–Crippen MR) is 154 cm³/mol. The van der Waals surface area contributed by atoms with E-state index in [2.05, 4.69) is 16.7 Å². The molecule has 0 spiro atoms. The zero-order chi connectivity index (χ0) is 28.9. The van der Waals surface area contributed by atoms with E-state index in [1.165, 1.54) is 23.7 Å². The summed E-state index contributed by atoms with van der Waals surface area (Å²) in [6.07, 6.45) is 1.40. The minimum absolute atomic E-state index is 0.236. The Bertz CT molecular complexity index is 1390. The van der Waals surface area contributed by atoms with E-state index in [-0.39, 0.29) is 13.0 Å². The van der Waals surface area contributed by atoms with Gasteiger partial charge < -0.3 is 21.3 Å². The van der Waals surface area contributed by atoms with E-state index < -0.39 is 29.5 Å². The topological polar surface area (TPSA) is 145 Å². The molecule has 9 nitrogen and oxygen atoms in total. The molecular weight excluding hydrogens is 526 g/mol. The van der Waals surface area contributed by atoms with E-state index in [4.69, 9.17) is 5.73 Å². The molecule has 0 heterocycles. The molecule has 0 saturated heterocycles. The van der Waals surface area contributed by atoms with Crippen LogP contribution in [0.25, 0.3) is 0 Å². The molecule has 206 valence electrons. The Hall–Kier alpha value is -4.46. The molecule has 0 fully saturated rings. The molecule has 3 amide bonds. The fourth-order valence-electron chi connectivity index (χ4n) is 3.87. The number of hydrogen-bond acceptors (Lipinski definition) is 7. The summed E-state index contributed by atoms with van der Waals surface area (Å²) in [6, 6.07) is 23.7. The van der Waals surface area contributed by atoms with Gasteiger partial charge in [-0.2, -0.15) is 5.26 Å². The number of rotatable bonds is 13. The van der Waals surface area contributed by atoms with E-state index in [0.29, 0.717) is 46.0 Å². The lowest BCUT2D eigenvalue weighted by Gasteiger charge is -2.21. The Morgan fingerprint density at radius 1 is 0.925 bits per heavy atom. The Balaban J connectivity index is 1.68. The molecule has 10 heteroatoms. The van der Waals surface area contributed by atoms with Crippen molar-refractivity contribution in [3.8, 4) is 6.07 Å². The molecular formula is C30H31N5O4S. The standard InChI is InChI=1S/C30H31N5O4S/c1-35(30(39)23-14-6-8-17-26(23)40-25-16-7-5-11-21(25)19-32)20-27(36)34-24(15-9-10-18-31)28(37)29(38)33-22-12-3-2-4-13-22/h2-8,11-14,16-17,24H,9-10,15,18,20,31H2,1H3,(H,33,38)(H,34,36)/t24-/m1/s1. The number of amides is 3. The monoisotopic (exact) mass is 557 g/mol. The van der Waals surface area contributed by atoms with Crippen molar-refractivity contribution in [3.63, 3.8) is 0 Å². The molecule has 0 aliphatic carbocycles. The molecule has 0 saturated carbocycles. The number of nitrogens with one attached hydrogen (secondary N) is 2. The van der Waals surface area contributed by atoms with Gasteiger partial charge in [0.15, 0.2) is 0 Å². The number of ketones is 1. The van der Waals surface area contributed by atoms with Crippen LogP contribution in [0.2, 0.25) is 0 Å². The van der Waals surface area contributed by atoms with Crippen molar-refractivity contribution < 1.29 is 19.2 Å². The molecule has 0 aromatic heterocycles. The number of nitriles is 1. The number of carbonyl (C=O) groups is 4. The van der Waals surface area contributed by atoms with Crippen molar-refractivity contribution in [3.05, 3.63) is 90.0 Å². The van der Waals surface area contributed by atoms with Crippen molar-refractivity contribution in [2.45, 2.75) is 35.1 Å². The number of nitrogens with two attached hydrogens (primary N) is 1. The van der Waals surface area contributed by atoms with Crippen LogP contribution in [-0.4, -0.2) is 54.6 Å². The molecule has 0 radical (unpaired) electrons. The summed E-state index contributed by atoms with van der Waals surface area (Å²) in [7, 11) is 1.49. The summed E-state index contributed by atoms with van der Waals surface area (Å²) in [5.74, 6) is -2.59. The van der Waals surface area contributed by atoms with Gasteiger partial charge in [0.2, 0.25) is 11.7 Å². The van der Waals surface area contributed by atoms with Crippen LogP contribution in [0.3, 0.4) is 0 Å². The van der Waals surface area contributed by atoms with Crippen molar-refractivity contribution >= 4 is 41.0 Å². The Kier molecular flexibility index (Phi) is 11.4. The number of para-hydroxylation sites is 1. The molecule has 0 aliphatic heterocycles. The summed E-state index contributed by atoms with van der Waals surface area (Å²) in [5, 5.41) is 14.6. The van der Waals surface area contributed by atoms with Crippen molar-refractivity contribution in [1.82, 2.24) is 10.2 Å². The SMILES string of the molecule is CN(CC(=O)N[C@H](CCCCN)C(=O)C(=O)Nc1ccccc1)C(=O)c1ccccc1Sc1ccccc1C#N. The number of likely N-dealkylation sites (N-methyl/N-ethyl adjacent to an activating group) is 1. The maximum atomic E-state index is 13.3. The van der Waals surface area contributed by atoms with Crippen LogP contribution in [0.4, 0.5) is 5.69 Å². The van der Waals surface area contributed by atoms with Gasteiger partial charge in [-0.3, -0.25) is 19.2 Å². The van der Waals surface area contributed by atoms with E-state index in [1.807, 2.05) is 6.07 Å². The predicted octanol–water partition coefficient (Wildman–Crippen LogP) is 3.60. The lowest BCUT2D eigenvalue weighted by molar-refractivity contribution is -0.137. The lowest BCUT2D eigenvalue weighted by Crippen LogP contribution is -2.49. The minimum atomic E-state index is -1.06. The molecule has 0 unspecified atom stereocenters. The second kappa shape index (κ2) is 15.2. The van der Waals surface area contributed by atoms with Gasteiger partial charge in [-0.05, 0) is 62.2 Å². The molecule has 3 aromatic rings. The molecule has 40 heavy (non-hydrogen) atoms. The molecule has 4 N–H and O–H groups in total. The number of benzene rings is 3. The number of Topliss-reactive ketones (excluding diaryl/α,β-unsaturated/α-hetero) is 1. The number of carbonyl (C=O) groups excluding carboxylic acids is 4. The van der Waals surface area contributed by atoms with Crippen LogP contribution in [0.5, 0.6) is 0 Å². The highest BCUT2D eigenvalue weighted by Gasteiger charge is 2.28. The first-order valence-electron chi connectivity index (χ1n) is 12.7. The average Bonchev–Trinajstić information content (AvgIpc) is 2.97. The number of anilines is 1.